The molecule has 1 aromatic carbocycles. The molecule has 108 valence electrons. The molecular formula is C15H17N5O. The normalized spacial score (nSPS) is 10.7. The Bertz CT molecular complexity index is 672. The van der Waals surface area contributed by atoms with Crippen molar-refractivity contribution >= 4 is 5.69 Å². The zero-order chi connectivity index (χ0) is 14.5. The molecule has 0 atom stereocenters. The van der Waals surface area contributed by atoms with E-state index in [1.807, 2.05) is 35.3 Å². The molecule has 0 aliphatic carbocycles. The van der Waals surface area contributed by atoms with Crippen LogP contribution in [0.1, 0.15) is 5.56 Å². The Balaban J connectivity index is 1.60. The smallest absolute Gasteiger partial charge is 0.0729 e. The van der Waals surface area contributed by atoms with Crippen molar-refractivity contribution in [1.82, 2.24) is 19.6 Å². The molecule has 21 heavy (non-hydrogen) atoms. The van der Waals surface area contributed by atoms with Crippen LogP contribution in [0.25, 0.3) is 5.69 Å². The average molecular weight is 283 g/mol. The predicted molar refractivity (Wildman–Crippen MR) is 80.2 cm³/mol. The topological polar surface area (TPSA) is 67.9 Å². The minimum absolute atomic E-state index is 0.0933. The maximum atomic E-state index is 8.85. The molecule has 0 fully saturated rings. The molecule has 0 saturated heterocycles. The summed E-state index contributed by atoms with van der Waals surface area (Å²) in [4.78, 5) is 0. The molecule has 2 heterocycles. The number of nitrogens with zero attached hydrogens (tertiary/aromatic N) is 4. The predicted octanol–water partition coefficient (Wildman–Crippen LogP) is 1.67. The van der Waals surface area contributed by atoms with Gasteiger partial charge in [0.2, 0.25) is 0 Å². The lowest BCUT2D eigenvalue weighted by Gasteiger charge is -2.06. The SMILES string of the molecule is OCCn1cc(NCc2ccc(-n3cccn3)cc2)cn1. The van der Waals surface area contributed by atoms with Crippen LogP contribution >= 0.6 is 0 Å². The Morgan fingerprint density at radius 3 is 2.71 bits per heavy atom. The van der Waals surface area contributed by atoms with E-state index >= 15 is 0 Å². The largest absolute Gasteiger partial charge is 0.394 e. The first-order valence-corrected chi connectivity index (χ1v) is 6.81. The summed E-state index contributed by atoms with van der Waals surface area (Å²) in [5.41, 5.74) is 3.17. The summed E-state index contributed by atoms with van der Waals surface area (Å²) in [7, 11) is 0. The minimum Gasteiger partial charge on any atom is -0.394 e. The van der Waals surface area contributed by atoms with Crippen molar-refractivity contribution in [3.8, 4) is 5.69 Å². The Morgan fingerprint density at radius 2 is 2.00 bits per heavy atom. The fourth-order valence-corrected chi connectivity index (χ4v) is 2.07. The summed E-state index contributed by atoms with van der Waals surface area (Å²) in [6.45, 7) is 1.33. The Labute approximate surface area is 122 Å². The van der Waals surface area contributed by atoms with E-state index in [0.29, 0.717) is 6.54 Å². The lowest BCUT2D eigenvalue weighted by Crippen LogP contribution is -2.02. The monoisotopic (exact) mass is 283 g/mol. The summed E-state index contributed by atoms with van der Waals surface area (Å²) in [6.07, 6.45) is 7.32. The summed E-state index contributed by atoms with van der Waals surface area (Å²) in [5, 5.41) is 20.5. The van der Waals surface area contributed by atoms with E-state index in [2.05, 4.69) is 27.6 Å². The lowest BCUT2D eigenvalue weighted by atomic mass is 10.2. The van der Waals surface area contributed by atoms with Crippen LogP contribution in [-0.2, 0) is 13.1 Å². The van der Waals surface area contributed by atoms with E-state index in [1.54, 1.807) is 17.1 Å². The van der Waals surface area contributed by atoms with Crippen LogP contribution in [0.2, 0.25) is 0 Å². The molecule has 0 spiro atoms. The van der Waals surface area contributed by atoms with Crippen LogP contribution in [-0.4, -0.2) is 31.3 Å². The van der Waals surface area contributed by atoms with E-state index < -0.39 is 0 Å². The highest BCUT2D eigenvalue weighted by molar-refractivity contribution is 5.40. The summed E-state index contributed by atoms with van der Waals surface area (Å²) in [6, 6.07) is 10.1. The van der Waals surface area contributed by atoms with Crippen molar-refractivity contribution in [3.63, 3.8) is 0 Å². The van der Waals surface area contributed by atoms with Gasteiger partial charge < -0.3 is 10.4 Å². The first-order valence-electron chi connectivity index (χ1n) is 6.81. The van der Waals surface area contributed by atoms with Crippen molar-refractivity contribution in [2.45, 2.75) is 13.1 Å². The highest BCUT2D eigenvalue weighted by Gasteiger charge is 2.00. The zero-order valence-electron chi connectivity index (χ0n) is 11.6. The van der Waals surface area contributed by atoms with Gasteiger partial charge in [0.15, 0.2) is 0 Å². The minimum atomic E-state index is 0.0933. The molecule has 0 amide bonds. The third-order valence-electron chi connectivity index (χ3n) is 3.16. The highest BCUT2D eigenvalue weighted by Crippen LogP contribution is 2.11. The van der Waals surface area contributed by atoms with Gasteiger partial charge in [-0.1, -0.05) is 12.1 Å². The fourth-order valence-electron chi connectivity index (χ4n) is 2.07. The number of benzene rings is 1. The summed E-state index contributed by atoms with van der Waals surface area (Å²) in [5.74, 6) is 0. The molecule has 6 heteroatoms. The molecule has 0 unspecified atom stereocenters. The second-order valence-electron chi connectivity index (χ2n) is 4.69. The van der Waals surface area contributed by atoms with Gasteiger partial charge in [0.1, 0.15) is 0 Å². The van der Waals surface area contributed by atoms with Gasteiger partial charge in [-0.2, -0.15) is 10.2 Å². The highest BCUT2D eigenvalue weighted by atomic mass is 16.3. The molecule has 0 radical (unpaired) electrons. The molecule has 3 rings (SSSR count). The second-order valence-corrected chi connectivity index (χ2v) is 4.69. The van der Waals surface area contributed by atoms with Crippen LogP contribution in [0.15, 0.2) is 55.1 Å². The van der Waals surface area contributed by atoms with Crippen molar-refractivity contribution in [3.05, 3.63) is 60.7 Å². The molecule has 2 aromatic heterocycles. The summed E-state index contributed by atoms with van der Waals surface area (Å²) >= 11 is 0. The molecule has 2 N–H and O–H groups in total. The molecule has 0 saturated carbocycles. The second kappa shape index (κ2) is 6.23. The molecule has 0 bridgehead atoms. The van der Waals surface area contributed by atoms with Crippen molar-refractivity contribution in [2.75, 3.05) is 11.9 Å². The Morgan fingerprint density at radius 1 is 1.14 bits per heavy atom. The van der Waals surface area contributed by atoms with Crippen LogP contribution < -0.4 is 5.32 Å². The van der Waals surface area contributed by atoms with Gasteiger partial charge in [-0.3, -0.25) is 4.68 Å². The van der Waals surface area contributed by atoms with Gasteiger partial charge >= 0.3 is 0 Å². The van der Waals surface area contributed by atoms with Gasteiger partial charge in [0.25, 0.3) is 0 Å². The van der Waals surface area contributed by atoms with Gasteiger partial charge in [-0.05, 0) is 23.8 Å². The number of aliphatic hydroxyl groups is 1. The Hall–Kier alpha value is -2.60. The van der Waals surface area contributed by atoms with E-state index in [1.165, 1.54) is 5.56 Å². The lowest BCUT2D eigenvalue weighted by molar-refractivity contribution is 0.269. The average Bonchev–Trinajstić information content (AvgIpc) is 3.18. The van der Waals surface area contributed by atoms with E-state index in [0.717, 1.165) is 17.9 Å². The molecular weight excluding hydrogens is 266 g/mol. The van der Waals surface area contributed by atoms with Crippen LogP contribution in [0.5, 0.6) is 0 Å². The van der Waals surface area contributed by atoms with Crippen LogP contribution in [0.4, 0.5) is 5.69 Å². The summed E-state index contributed by atoms with van der Waals surface area (Å²) < 4.78 is 3.54. The van der Waals surface area contributed by atoms with E-state index in [9.17, 15) is 0 Å². The van der Waals surface area contributed by atoms with Crippen molar-refractivity contribution in [1.29, 1.82) is 0 Å². The van der Waals surface area contributed by atoms with E-state index in [4.69, 9.17) is 5.11 Å². The van der Waals surface area contributed by atoms with Crippen molar-refractivity contribution in [2.24, 2.45) is 0 Å². The molecule has 0 aliphatic rings. The maximum Gasteiger partial charge on any atom is 0.0729 e. The number of aliphatic hydroxyl groups excluding tert-OH is 1. The molecule has 3 aromatic rings. The van der Waals surface area contributed by atoms with Crippen LogP contribution in [0, 0.1) is 0 Å². The number of hydrogen-bond acceptors (Lipinski definition) is 4. The van der Waals surface area contributed by atoms with Crippen LogP contribution in [0.3, 0.4) is 0 Å². The number of aromatic nitrogens is 4. The van der Waals surface area contributed by atoms with Gasteiger partial charge in [0.05, 0.1) is 30.7 Å². The zero-order valence-corrected chi connectivity index (χ0v) is 11.6. The van der Waals surface area contributed by atoms with Gasteiger partial charge in [-0.15, -0.1) is 0 Å². The quantitative estimate of drug-likeness (QED) is 0.722. The molecule has 6 nitrogen and oxygen atoms in total. The third-order valence-corrected chi connectivity index (χ3v) is 3.16. The third kappa shape index (κ3) is 3.29. The van der Waals surface area contributed by atoms with Gasteiger partial charge in [-0.25, -0.2) is 4.68 Å². The first kappa shape index (κ1) is 13.4. The number of rotatable bonds is 6. The fraction of sp³-hybridized carbons (Fsp3) is 0.200. The maximum absolute atomic E-state index is 8.85. The standard InChI is InChI=1S/C15H17N5O/c21-9-8-19-12-14(11-18-19)16-10-13-2-4-15(5-3-13)20-7-1-6-17-20/h1-7,11-12,16,21H,8-10H2. The van der Waals surface area contributed by atoms with Gasteiger partial charge in [0, 0.05) is 25.1 Å². The number of anilines is 1. The molecule has 0 aliphatic heterocycles. The van der Waals surface area contributed by atoms with E-state index in [-0.39, 0.29) is 6.61 Å². The van der Waals surface area contributed by atoms with Crippen molar-refractivity contribution < 1.29 is 5.11 Å². The first-order chi connectivity index (χ1) is 10.3. The Kier molecular flexibility index (Phi) is 3.97. The number of nitrogens with one attached hydrogen (secondary N) is 1. The number of hydrogen-bond donors (Lipinski definition) is 2.